The standard InChI is InChI=1S/C20H32N2O2/c1-19(2,3)15-20(4,5)22-12-10-21(11-13-22)14-16-6-8-17(9-7-16)18(23)24/h6-9H,10-15H2,1-5H3,(H,23,24). The largest absolute Gasteiger partial charge is 0.478 e. The minimum atomic E-state index is -0.865. The van der Waals surface area contributed by atoms with Gasteiger partial charge in [0.2, 0.25) is 0 Å². The molecular formula is C20H32N2O2. The van der Waals surface area contributed by atoms with Crippen LogP contribution in [0.25, 0.3) is 0 Å². The lowest BCUT2D eigenvalue weighted by molar-refractivity contribution is 0.0262. The molecule has 0 aromatic heterocycles. The second-order valence-corrected chi connectivity index (χ2v) is 8.82. The van der Waals surface area contributed by atoms with E-state index in [-0.39, 0.29) is 5.54 Å². The third-order valence-corrected chi connectivity index (χ3v) is 4.80. The van der Waals surface area contributed by atoms with Crippen LogP contribution in [0.4, 0.5) is 0 Å². The Kier molecular flexibility index (Phi) is 5.71. The van der Waals surface area contributed by atoms with Gasteiger partial charge in [-0.15, -0.1) is 0 Å². The van der Waals surface area contributed by atoms with Crippen molar-refractivity contribution in [2.45, 2.75) is 53.1 Å². The summed E-state index contributed by atoms with van der Waals surface area (Å²) >= 11 is 0. The van der Waals surface area contributed by atoms with Crippen molar-refractivity contribution in [2.75, 3.05) is 26.2 Å². The summed E-state index contributed by atoms with van der Waals surface area (Å²) in [6.45, 7) is 16.9. The zero-order valence-electron chi connectivity index (χ0n) is 15.8. The lowest BCUT2D eigenvalue weighted by Gasteiger charge is -2.46. The van der Waals surface area contributed by atoms with E-state index in [2.05, 4.69) is 44.4 Å². The quantitative estimate of drug-likeness (QED) is 0.892. The van der Waals surface area contributed by atoms with E-state index < -0.39 is 5.97 Å². The van der Waals surface area contributed by atoms with Gasteiger partial charge in [0.15, 0.2) is 0 Å². The van der Waals surface area contributed by atoms with Crippen molar-refractivity contribution in [3.63, 3.8) is 0 Å². The van der Waals surface area contributed by atoms with Crippen molar-refractivity contribution in [1.82, 2.24) is 9.80 Å². The van der Waals surface area contributed by atoms with Crippen LogP contribution in [0.1, 0.15) is 57.0 Å². The lowest BCUT2D eigenvalue weighted by Crippen LogP contribution is -2.55. The van der Waals surface area contributed by atoms with Crippen LogP contribution >= 0.6 is 0 Å². The Morgan fingerprint density at radius 1 is 1.00 bits per heavy atom. The van der Waals surface area contributed by atoms with Crippen LogP contribution in [-0.2, 0) is 6.54 Å². The molecule has 1 heterocycles. The first-order chi connectivity index (χ1) is 11.1. The van der Waals surface area contributed by atoms with E-state index in [0.717, 1.165) is 32.7 Å². The Morgan fingerprint density at radius 3 is 2.00 bits per heavy atom. The molecule has 1 fully saturated rings. The second kappa shape index (κ2) is 7.24. The first kappa shape index (κ1) is 18.9. The van der Waals surface area contributed by atoms with Crippen molar-refractivity contribution in [2.24, 2.45) is 5.41 Å². The molecule has 1 aromatic rings. The van der Waals surface area contributed by atoms with Gasteiger partial charge in [0, 0.05) is 38.3 Å². The van der Waals surface area contributed by atoms with E-state index in [0.29, 0.717) is 11.0 Å². The smallest absolute Gasteiger partial charge is 0.335 e. The van der Waals surface area contributed by atoms with Gasteiger partial charge in [-0.3, -0.25) is 9.80 Å². The number of hydrogen-bond acceptors (Lipinski definition) is 3. The Labute approximate surface area is 146 Å². The van der Waals surface area contributed by atoms with Crippen LogP contribution in [0, 0.1) is 5.41 Å². The number of benzene rings is 1. The molecule has 0 saturated carbocycles. The number of nitrogens with zero attached hydrogens (tertiary/aromatic N) is 2. The number of aromatic carboxylic acids is 1. The van der Waals surface area contributed by atoms with Crippen LogP contribution in [0.15, 0.2) is 24.3 Å². The number of piperazine rings is 1. The first-order valence-corrected chi connectivity index (χ1v) is 8.86. The van der Waals surface area contributed by atoms with Crippen molar-refractivity contribution in [3.05, 3.63) is 35.4 Å². The number of carboxylic acid groups (broad SMARTS) is 1. The summed E-state index contributed by atoms with van der Waals surface area (Å²) in [5.41, 5.74) is 2.11. The molecule has 4 nitrogen and oxygen atoms in total. The molecule has 1 aromatic carbocycles. The van der Waals surface area contributed by atoms with Gasteiger partial charge in [-0.2, -0.15) is 0 Å². The third-order valence-electron chi connectivity index (χ3n) is 4.80. The monoisotopic (exact) mass is 332 g/mol. The van der Waals surface area contributed by atoms with Gasteiger partial charge < -0.3 is 5.11 Å². The highest BCUT2D eigenvalue weighted by atomic mass is 16.4. The molecule has 0 bridgehead atoms. The average Bonchev–Trinajstić information content (AvgIpc) is 2.46. The molecule has 1 N–H and O–H groups in total. The summed E-state index contributed by atoms with van der Waals surface area (Å²) in [6, 6.07) is 7.25. The van der Waals surface area contributed by atoms with Crippen molar-refractivity contribution < 1.29 is 9.90 Å². The number of hydrogen-bond donors (Lipinski definition) is 1. The summed E-state index contributed by atoms with van der Waals surface area (Å²) in [7, 11) is 0. The molecule has 24 heavy (non-hydrogen) atoms. The molecular weight excluding hydrogens is 300 g/mol. The highest BCUT2D eigenvalue weighted by Gasteiger charge is 2.33. The van der Waals surface area contributed by atoms with Gasteiger partial charge >= 0.3 is 5.97 Å². The van der Waals surface area contributed by atoms with Gasteiger partial charge in [-0.1, -0.05) is 32.9 Å². The van der Waals surface area contributed by atoms with E-state index in [1.807, 2.05) is 12.1 Å². The molecule has 1 saturated heterocycles. The van der Waals surface area contributed by atoms with E-state index in [1.54, 1.807) is 12.1 Å². The molecule has 2 rings (SSSR count). The molecule has 0 aliphatic carbocycles. The predicted octanol–water partition coefficient (Wildman–Crippen LogP) is 3.72. The third kappa shape index (κ3) is 5.32. The highest BCUT2D eigenvalue weighted by molar-refractivity contribution is 5.87. The van der Waals surface area contributed by atoms with E-state index in [4.69, 9.17) is 5.11 Å². The molecule has 1 aliphatic rings. The van der Waals surface area contributed by atoms with Gasteiger partial charge in [0.1, 0.15) is 0 Å². The van der Waals surface area contributed by atoms with Crippen LogP contribution in [0.3, 0.4) is 0 Å². The van der Waals surface area contributed by atoms with Gasteiger partial charge in [-0.05, 0) is 43.4 Å². The molecule has 0 amide bonds. The Bertz CT molecular complexity index is 550. The summed E-state index contributed by atoms with van der Waals surface area (Å²) in [4.78, 5) is 16.0. The summed E-state index contributed by atoms with van der Waals surface area (Å²) < 4.78 is 0. The van der Waals surface area contributed by atoms with Gasteiger partial charge in [0.25, 0.3) is 0 Å². The Hall–Kier alpha value is -1.39. The second-order valence-electron chi connectivity index (χ2n) is 8.82. The highest BCUT2D eigenvalue weighted by Crippen LogP contribution is 2.31. The fraction of sp³-hybridized carbons (Fsp3) is 0.650. The van der Waals surface area contributed by atoms with E-state index in [1.165, 1.54) is 12.0 Å². The number of carbonyl (C=O) groups is 1. The Morgan fingerprint density at radius 2 is 1.54 bits per heavy atom. The van der Waals surface area contributed by atoms with Gasteiger partial charge in [-0.25, -0.2) is 4.79 Å². The topological polar surface area (TPSA) is 43.8 Å². The normalized spacial score (nSPS) is 17.9. The summed E-state index contributed by atoms with van der Waals surface area (Å²) in [5.74, 6) is -0.865. The lowest BCUT2D eigenvalue weighted by atomic mass is 9.80. The SMILES string of the molecule is CC(C)(C)CC(C)(C)N1CCN(Cc2ccc(C(=O)O)cc2)CC1. The fourth-order valence-electron chi connectivity index (χ4n) is 3.93. The minimum Gasteiger partial charge on any atom is -0.478 e. The predicted molar refractivity (Wildman–Crippen MR) is 98.4 cm³/mol. The van der Waals surface area contributed by atoms with E-state index in [9.17, 15) is 4.79 Å². The summed E-state index contributed by atoms with van der Waals surface area (Å²) in [5, 5.41) is 8.97. The maximum absolute atomic E-state index is 10.9. The first-order valence-electron chi connectivity index (χ1n) is 8.86. The molecule has 0 spiro atoms. The van der Waals surface area contributed by atoms with Crippen LogP contribution < -0.4 is 0 Å². The van der Waals surface area contributed by atoms with E-state index >= 15 is 0 Å². The fourth-order valence-corrected chi connectivity index (χ4v) is 3.93. The van der Waals surface area contributed by atoms with Crippen LogP contribution in [0.2, 0.25) is 0 Å². The molecule has 1 aliphatic heterocycles. The van der Waals surface area contributed by atoms with Crippen molar-refractivity contribution in [3.8, 4) is 0 Å². The molecule has 0 radical (unpaired) electrons. The maximum Gasteiger partial charge on any atom is 0.335 e. The van der Waals surface area contributed by atoms with Crippen LogP contribution in [0.5, 0.6) is 0 Å². The van der Waals surface area contributed by atoms with Crippen LogP contribution in [-0.4, -0.2) is 52.6 Å². The summed E-state index contributed by atoms with van der Waals surface area (Å²) in [6.07, 6.45) is 1.19. The van der Waals surface area contributed by atoms with Crippen molar-refractivity contribution in [1.29, 1.82) is 0 Å². The zero-order chi connectivity index (χ0) is 18.0. The van der Waals surface area contributed by atoms with Crippen molar-refractivity contribution >= 4 is 5.97 Å². The molecule has 134 valence electrons. The molecule has 4 heteroatoms. The number of carboxylic acids is 1. The molecule has 0 atom stereocenters. The number of rotatable bonds is 5. The van der Waals surface area contributed by atoms with Gasteiger partial charge in [0.05, 0.1) is 5.56 Å². The average molecular weight is 332 g/mol. The maximum atomic E-state index is 10.9. The Balaban J connectivity index is 1.87. The zero-order valence-corrected chi connectivity index (χ0v) is 15.8. The minimum absolute atomic E-state index is 0.230. The molecule has 0 unspecified atom stereocenters.